The van der Waals surface area contributed by atoms with E-state index in [1.165, 1.54) is 10.4 Å². The standard InChI is InChI=1S/C13H18N2S2/c1-4-6-14-12(11-5-7-16-8-11)13-9(2)15-10(3)17-13/h5,7-8,12,14H,4,6H2,1-3H3. The third-order valence-electron chi connectivity index (χ3n) is 2.68. The second kappa shape index (κ2) is 5.76. The van der Waals surface area contributed by atoms with Crippen LogP contribution in [0.1, 0.15) is 40.5 Å². The molecular weight excluding hydrogens is 248 g/mol. The van der Waals surface area contributed by atoms with E-state index in [-0.39, 0.29) is 0 Å². The van der Waals surface area contributed by atoms with E-state index in [2.05, 4.69) is 47.9 Å². The lowest BCUT2D eigenvalue weighted by molar-refractivity contribution is 0.604. The van der Waals surface area contributed by atoms with E-state index in [1.807, 2.05) is 0 Å². The molecule has 1 N–H and O–H groups in total. The molecule has 0 aliphatic rings. The predicted molar refractivity (Wildman–Crippen MR) is 76.0 cm³/mol. The van der Waals surface area contributed by atoms with Gasteiger partial charge in [0, 0.05) is 4.88 Å². The van der Waals surface area contributed by atoms with Crippen LogP contribution in [0.2, 0.25) is 0 Å². The third-order valence-corrected chi connectivity index (χ3v) is 4.52. The molecule has 0 amide bonds. The summed E-state index contributed by atoms with van der Waals surface area (Å²) in [5.41, 5.74) is 2.52. The minimum Gasteiger partial charge on any atom is -0.306 e. The molecule has 2 heterocycles. The largest absolute Gasteiger partial charge is 0.306 e. The zero-order chi connectivity index (χ0) is 12.3. The molecule has 0 radical (unpaired) electrons. The molecule has 0 saturated carbocycles. The number of nitrogens with one attached hydrogen (secondary N) is 1. The molecule has 2 aromatic heterocycles. The first-order valence-corrected chi connectivity index (χ1v) is 7.67. The fourth-order valence-electron chi connectivity index (χ4n) is 1.90. The zero-order valence-electron chi connectivity index (χ0n) is 10.5. The Morgan fingerprint density at radius 3 is 2.76 bits per heavy atom. The third kappa shape index (κ3) is 2.94. The Morgan fingerprint density at radius 1 is 1.41 bits per heavy atom. The van der Waals surface area contributed by atoms with Gasteiger partial charge in [0.2, 0.25) is 0 Å². The Kier molecular flexibility index (Phi) is 4.31. The van der Waals surface area contributed by atoms with E-state index in [9.17, 15) is 0 Å². The lowest BCUT2D eigenvalue weighted by atomic mass is 10.1. The summed E-state index contributed by atoms with van der Waals surface area (Å²) in [7, 11) is 0. The molecule has 0 fully saturated rings. The van der Waals surface area contributed by atoms with Crippen molar-refractivity contribution in [1.82, 2.24) is 10.3 Å². The van der Waals surface area contributed by atoms with Gasteiger partial charge in [-0.15, -0.1) is 11.3 Å². The Morgan fingerprint density at radius 2 is 2.24 bits per heavy atom. The summed E-state index contributed by atoms with van der Waals surface area (Å²) >= 11 is 3.56. The number of thiophene rings is 1. The van der Waals surface area contributed by atoms with Crippen LogP contribution in [0.25, 0.3) is 0 Å². The summed E-state index contributed by atoms with van der Waals surface area (Å²) in [6, 6.07) is 2.51. The van der Waals surface area contributed by atoms with Crippen LogP contribution in [0.3, 0.4) is 0 Å². The fraction of sp³-hybridized carbons (Fsp3) is 0.462. The molecule has 17 heavy (non-hydrogen) atoms. The number of hydrogen-bond acceptors (Lipinski definition) is 4. The Bertz CT molecular complexity index is 460. The molecule has 0 spiro atoms. The molecule has 2 aromatic rings. The summed E-state index contributed by atoms with van der Waals surface area (Å²) < 4.78 is 0. The number of thiazole rings is 1. The first kappa shape index (κ1) is 12.7. The van der Waals surface area contributed by atoms with Gasteiger partial charge in [0.15, 0.2) is 0 Å². The van der Waals surface area contributed by atoms with Crippen LogP contribution in [0.5, 0.6) is 0 Å². The van der Waals surface area contributed by atoms with Gasteiger partial charge in [-0.25, -0.2) is 4.98 Å². The van der Waals surface area contributed by atoms with Crippen molar-refractivity contribution in [2.45, 2.75) is 33.2 Å². The topological polar surface area (TPSA) is 24.9 Å². The molecule has 0 aliphatic heterocycles. The SMILES string of the molecule is CCCNC(c1ccsc1)c1sc(C)nc1C. The van der Waals surface area contributed by atoms with E-state index >= 15 is 0 Å². The van der Waals surface area contributed by atoms with Gasteiger partial charge in [0.25, 0.3) is 0 Å². The van der Waals surface area contributed by atoms with Crippen molar-refractivity contribution in [3.8, 4) is 0 Å². The van der Waals surface area contributed by atoms with Gasteiger partial charge in [0.05, 0.1) is 16.7 Å². The maximum Gasteiger partial charge on any atom is 0.0900 e. The fourth-order valence-corrected chi connectivity index (χ4v) is 3.62. The predicted octanol–water partition coefficient (Wildman–Crippen LogP) is 3.91. The Balaban J connectivity index is 2.30. The number of aryl methyl sites for hydroxylation is 2. The lowest BCUT2D eigenvalue weighted by Crippen LogP contribution is -2.22. The van der Waals surface area contributed by atoms with E-state index in [0.29, 0.717) is 6.04 Å². The zero-order valence-corrected chi connectivity index (χ0v) is 12.1. The van der Waals surface area contributed by atoms with Crippen molar-refractivity contribution in [2.24, 2.45) is 0 Å². The monoisotopic (exact) mass is 266 g/mol. The quantitative estimate of drug-likeness (QED) is 0.887. The van der Waals surface area contributed by atoms with Crippen molar-refractivity contribution in [2.75, 3.05) is 6.54 Å². The smallest absolute Gasteiger partial charge is 0.0900 e. The van der Waals surface area contributed by atoms with Crippen LogP contribution in [0, 0.1) is 13.8 Å². The molecule has 0 bridgehead atoms. The second-order valence-corrected chi connectivity index (χ2v) is 6.14. The van der Waals surface area contributed by atoms with Crippen molar-refractivity contribution in [1.29, 1.82) is 0 Å². The van der Waals surface area contributed by atoms with Crippen molar-refractivity contribution in [3.63, 3.8) is 0 Å². The second-order valence-electron chi connectivity index (χ2n) is 4.13. The molecule has 2 nitrogen and oxygen atoms in total. The minimum absolute atomic E-state index is 0.312. The summed E-state index contributed by atoms with van der Waals surface area (Å²) in [5, 5.41) is 9.13. The van der Waals surface area contributed by atoms with Crippen LogP contribution in [0.15, 0.2) is 16.8 Å². The van der Waals surface area contributed by atoms with Crippen molar-refractivity contribution < 1.29 is 0 Å². The molecule has 0 saturated heterocycles. The molecule has 2 rings (SSSR count). The summed E-state index contributed by atoms with van der Waals surface area (Å²) in [6.45, 7) is 7.41. The Labute approximate surface area is 111 Å². The van der Waals surface area contributed by atoms with E-state index in [1.54, 1.807) is 22.7 Å². The highest BCUT2D eigenvalue weighted by Gasteiger charge is 2.18. The minimum atomic E-state index is 0.312. The maximum atomic E-state index is 4.53. The van der Waals surface area contributed by atoms with Crippen molar-refractivity contribution in [3.05, 3.63) is 38.0 Å². The van der Waals surface area contributed by atoms with E-state index in [4.69, 9.17) is 0 Å². The highest BCUT2D eigenvalue weighted by Crippen LogP contribution is 2.30. The van der Waals surface area contributed by atoms with Crippen LogP contribution in [-0.2, 0) is 0 Å². The average molecular weight is 266 g/mol. The van der Waals surface area contributed by atoms with Crippen molar-refractivity contribution >= 4 is 22.7 Å². The summed E-state index contributed by atoms with van der Waals surface area (Å²) in [5.74, 6) is 0. The number of rotatable bonds is 5. The molecule has 4 heteroatoms. The van der Waals surface area contributed by atoms with Crippen LogP contribution < -0.4 is 5.32 Å². The first-order chi connectivity index (χ1) is 8.22. The van der Waals surface area contributed by atoms with E-state index < -0.39 is 0 Å². The van der Waals surface area contributed by atoms with Gasteiger partial charge in [-0.05, 0) is 49.2 Å². The number of hydrogen-bond donors (Lipinski definition) is 1. The normalized spacial score (nSPS) is 12.9. The molecule has 0 aromatic carbocycles. The van der Waals surface area contributed by atoms with Crippen LogP contribution in [0.4, 0.5) is 0 Å². The molecule has 1 unspecified atom stereocenters. The number of nitrogens with zero attached hydrogens (tertiary/aromatic N) is 1. The molecule has 0 aliphatic carbocycles. The van der Waals surface area contributed by atoms with Crippen LogP contribution >= 0.6 is 22.7 Å². The van der Waals surface area contributed by atoms with Gasteiger partial charge >= 0.3 is 0 Å². The van der Waals surface area contributed by atoms with Gasteiger partial charge in [-0.3, -0.25) is 0 Å². The van der Waals surface area contributed by atoms with Gasteiger partial charge in [-0.1, -0.05) is 6.92 Å². The highest BCUT2D eigenvalue weighted by atomic mass is 32.1. The van der Waals surface area contributed by atoms with E-state index in [0.717, 1.165) is 23.7 Å². The molecular formula is C13H18N2S2. The lowest BCUT2D eigenvalue weighted by Gasteiger charge is -2.16. The van der Waals surface area contributed by atoms with Gasteiger partial charge in [-0.2, -0.15) is 11.3 Å². The summed E-state index contributed by atoms with van der Waals surface area (Å²) in [6.07, 6.45) is 1.15. The maximum absolute atomic E-state index is 4.53. The molecule has 1 atom stereocenters. The molecule has 92 valence electrons. The average Bonchev–Trinajstić information content (AvgIpc) is 2.90. The summed E-state index contributed by atoms with van der Waals surface area (Å²) in [4.78, 5) is 5.89. The van der Waals surface area contributed by atoms with Gasteiger partial charge in [0.1, 0.15) is 0 Å². The number of aromatic nitrogens is 1. The van der Waals surface area contributed by atoms with Gasteiger partial charge < -0.3 is 5.32 Å². The highest BCUT2D eigenvalue weighted by molar-refractivity contribution is 7.11. The Hall–Kier alpha value is -0.710. The first-order valence-electron chi connectivity index (χ1n) is 5.91. The van der Waals surface area contributed by atoms with Crippen LogP contribution in [-0.4, -0.2) is 11.5 Å².